The van der Waals surface area contributed by atoms with E-state index >= 15 is 0 Å². The molecule has 27 heavy (non-hydrogen) atoms. The molecule has 1 atom stereocenters. The number of fused-ring (bicyclic) bond motifs is 1. The second-order valence-electron chi connectivity index (χ2n) is 5.99. The predicted molar refractivity (Wildman–Crippen MR) is 98.1 cm³/mol. The van der Waals surface area contributed by atoms with Gasteiger partial charge in [-0.15, -0.1) is 0 Å². The van der Waals surface area contributed by atoms with Gasteiger partial charge in [0.25, 0.3) is 0 Å². The van der Waals surface area contributed by atoms with Crippen molar-refractivity contribution in [3.63, 3.8) is 0 Å². The second kappa shape index (κ2) is 8.44. The van der Waals surface area contributed by atoms with Crippen LogP contribution in [0.2, 0.25) is 0 Å². The number of ether oxygens (including phenoxy) is 3. The summed E-state index contributed by atoms with van der Waals surface area (Å²) in [6.07, 6.45) is 1.17. The Morgan fingerprint density at radius 1 is 1.19 bits per heavy atom. The van der Waals surface area contributed by atoms with Gasteiger partial charge in [0.15, 0.2) is 11.7 Å². The molecular weight excluding hydrogens is 350 g/mol. The van der Waals surface area contributed by atoms with Crippen LogP contribution in [0.3, 0.4) is 0 Å². The van der Waals surface area contributed by atoms with Crippen molar-refractivity contribution in [1.82, 2.24) is 4.98 Å². The molecule has 0 aliphatic rings. The third kappa shape index (κ3) is 4.91. The SMILES string of the molecule is CCCCOC(=O)C(C)Oc1ccc(Oc2nc3ccc(O)cc3o2)cc1. The van der Waals surface area contributed by atoms with Crippen LogP contribution in [0.4, 0.5) is 0 Å². The van der Waals surface area contributed by atoms with E-state index in [-0.39, 0.29) is 11.8 Å². The minimum absolute atomic E-state index is 0.0668. The number of carbonyl (C=O) groups excluding carboxylic acids is 1. The van der Waals surface area contributed by atoms with E-state index in [0.717, 1.165) is 12.8 Å². The van der Waals surface area contributed by atoms with Crippen molar-refractivity contribution < 1.29 is 28.5 Å². The van der Waals surface area contributed by atoms with Crippen LogP contribution in [0.15, 0.2) is 46.9 Å². The third-order valence-corrected chi connectivity index (χ3v) is 3.77. The lowest BCUT2D eigenvalue weighted by atomic mass is 10.3. The van der Waals surface area contributed by atoms with Crippen LogP contribution in [0.25, 0.3) is 11.1 Å². The van der Waals surface area contributed by atoms with Gasteiger partial charge in [-0.3, -0.25) is 0 Å². The number of oxazole rings is 1. The molecule has 0 aliphatic carbocycles. The zero-order valence-electron chi connectivity index (χ0n) is 15.2. The van der Waals surface area contributed by atoms with E-state index in [1.54, 1.807) is 37.3 Å². The van der Waals surface area contributed by atoms with Crippen LogP contribution in [-0.2, 0) is 9.53 Å². The van der Waals surface area contributed by atoms with Gasteiger partial charge in [-0.2, -0.15) is 4.98 Å². The van der Waals surface area contributed by atoms with Gasteiger partial charge in [-0.25, -0.2) is 4.79 Å². The van der Waals surface area contributed by atoms with Gasteiger partial charge >= 0.3 is 12.0 Å². The van der Waals surface area contributed by atoms with Crippen LogP contribution in [0.1, 0.15) is 26.7 Å². The third-order valence-electron chi connectivity index (χ3n) is 3.77. The Labute approximate surface area is 156 Å². The zero-order chi connectivity index (χ0) is 19.2. The summed E-state index contributed by atoms with van der Waals surface area (Å²) in [5.74, 6) is 0.716. The summed E-state index contributed by atoms with van der Waals surface area (Å²) in [6.45, 7) is 4.08. The molecule has 0 saturated heterocycles. The van der Waals surface area contributed by atoms with Gasteiger partial charge in [0, 0.05) is 6.07 Å². The normalized spacial score (nSPS) is 11.9. The fourth-order valence-electron chi connectivity index (χ4n) is 2.31. The number of aromatic hydroxyl groups is 1. The highest BCUT2D eigenvalue weighted by atomic mass is 16.6. The van der Waals surface area contributed by atoms with Crippen molar-refractivity contribution >= 4 is 17.1 Å². The Kier molecular flexibility index (Phi) is 5.80. The number of phenolic OH excluding ortho intramolecular Hbond substituents is 1. The summed E-state index contributed by atoms with van der Waals surface area (Å²) in [6, 6.07) is 11.3. The van der Waals surface area contributed by atoms with E-state index in [0.29, 0.717) is 29.2 Å². The van der Waals surface area contributed by atoms with Gasteiger partial charge in [0.05, 0.1) is 6.61 Å². The summed E-state index contributed by atoms with van der Waals surface area (Å²) >= 11 is 0. The quantitative estimate of drug-likeness (QED) is 0.462. The lowest BCUT2D eigenvalue weighted by molar-refractivity contribution is -0.151. The number of phenols is 1. The Balaban J connectivity index is 1.58. The maximum absolute atomic E-state index is 11.8. The molecule has 7 nitrogen and oxygen atoms in total. The molecule has 0 bridgehead atoms. The summed E-state index contributed by atoms with van der Waals surface area (Å²) in [4.78, 5) is 16.0. The number of aromatic nitrogens is 1. The number of unbranched alkanes of at least 4 members (excludes halogenated alkanes) is 1. The Morgan fingerprint density at radius 3 is 2.67 bits per heavy atom. The lowest BCUT2D eigenvalue weighted by Crippen LogP contribution is -2.26. The number of benzene rings is 2. The molecule has 1 unspecified atom stereocenters. The maximum atomic E-state index is 11.8. The Bertz CT molecular complexity index is 902. The second-order valence-corrected chi connectivity index (χ2v) is 5.99. The lowest BCUT2D eigenvalue weighted by Gasteiger charge is -2.14. The molecule has 7 heteroatoms. The minimum atomic E-state index is -0.696. The van der Waals surface area contributed by atoms with Crippen molar-refractivity contribution in [2.45, 2.75) is 32.8 Å². The molecule has 142 valence electrons. The van der Waals surface area contributed by atoms with Gasteiger partial charge in [-0.05, 0) is 49.7 Å². The number of carbonyl (C=O) groups is 1. The van der Waals surface area contributed by atoms with E-state index < -0.39 is 12.1 Å². The molecule has 0 spiro atoms. The fourth-order valence-corrected chi connectivity index (χ4v) is 2.31. The summed E-state index contributed by atoms with van der Waals surface area (Å²) < 4.78 is 21.7. The van der Waals surface area contributed by atoms with Crippen LogP contribution in [0, 0.1) is 0 Å². The molecule has 0 radical (unpaired) electrons. The zero-order valence-corrected chi connectivity index (χ0v) is 15.2. The topological polar surface area (TPSA) is 91.0 Å². The number of hydrogen-bond donors (Lipinski definition) is 1. The molecule has 3 rings (SSSR count). The van der Waals surface area contributed by atoms with E-state index in [4.69, 9.17) is 18.6 Å². The van der Waals surface area contributed by atoms with Crippen LogP contribution in [0.5, 0.6) is 23.3 Å². The first-order chi connectivity index (χ1) is 13.0. The van der Waals surface area contributed by atoms with E-state index in [1.165, 1.54) is 12.1 Å². The van der Waals surface area contributed by atoms with Crippen molar-refractivity contribution in [3.05, 3.63) is 42.5 Å². The first kappa shape index (κ1) is 18.6. The minimum Gasteiger partial charge on any atom is -0.508 e. The van der Waals surface area contributed by atoms with Gasteiger partial charge in [-0.1, -0.05) is 13.3 Å². The Morgan fingerprint density at radius 2 is 1.93 bits per heavy atom. The van der Waals surface area contributed by atoms with Gasteiger partial charge in [0.1, 0.15) is 22.8 Å². The monoisotopic (exact) mass is 371 g/mol. The summed E-state index contributed by atoms with van der Waals surface area (Å²) in [5.41, 5.74) is 1.01. The smallest absolute Gasteiger partial charge is 0.400 e. The average molecular weight is 371 g/mol. The van der Waals surface area contributed by atoms with Crippen LogP contribution < -0.4 is 9.47 Å². The number of nitrogens with zero attached hydrogens (tertiary/aromatic N) is 1. The van der Waals surface area contributed by atoms with E-state index in [9.17, 15) is 9.90 Å². The van der Waals surface area contributed by atoms with Crippen LogP contribution >= 0.6 is 0 Å². The van der Waals surface area contributed by atoms with Crippen molar-refractivity contribution in [2.75, 3.05) is 6.61 Å². The first-order valence-corrected chi connectivity index (χ1v) is 8.76. The standard InChI is InChI=1S/C20H21NO6/c1-3-4-11-24-19(23)13(2)25-15-6-8-16(9-7-15)26-20-21-17-10-5-14(22)12-18(17)27-20/h5-10,12-13,22H,3-4,11H2,1-2H3. The molecule has 1 heterocycles. The largest absolute Gasteiger partial charge is 0.508 e. The molecule has 1 aromatic heterocycles. The van der Waals surface area contributed by atoms with Gasteiger partial charge < -0.3 is 23.7 Å². The number of esters is 1. The molecule has 0 aliphatic heterocycles. The highest BCUT2D eigenvalue weighted by Crippen LogP contribution is 2.28. The molecular formula is C20H21NO6. The molecule has 3 aromatic rings. The average Bonchev–Trinajstić information content (AvgIpc) is 3.04. The predicted octanol–water partition coefficient (Wildman–Crippen LogP) is 4.44. The summed E-state index contributed by atoms with van der Waals surface area (Å²) in [7, 11) is 0. The highest BCUT2D eigenvalue weighted by Gasteiger charge is 2.16. The molecule has 0 amide bonds. The van der Waals surface area contributed by atoms with Crippen LogP contribution in [-0.4, -0.2) is 28.8 Å². The van der Waals surface area contributed by atoms with Gasteiger partial charge in [0.2, 0.25) is 0 Å². The molecule has 1 N–H and O–H groups in total. The summed E-state index contributed by atoms with van der Waals surface area (Å²) in [5, 5.41) is 9.46. The number of hydrogen-bond acceptors (Lipinski definition) is 7. The molecule has 2 aromatic carbocycles. The highest BCUT2D eigenvalue weighted by molar-refractivity contribution is 5.75. The first-order valence-electron chi connectivity index (χ1n) is 8.76. The van der Waals surface area contributed by atoms with E-state index in [1.807, 2.05) is 6.92 Å². The van der Waals surface area contributed by atoms with E-state index in [2.05, 4.69) is 4.98 Å². The van der Waals surface area contributed by atoms with Crippen molar-refractivity contribution in [1.29, 1.82) is 0 Å². The molecule has 0 fully saturated rings. The maximum Gasteiger partial charge on any atom is 0.400 e. The Hall–Kier alpha value is -3.22. The fraction of sp³-hybridized carbons (Fsp3) is 0.300. The number of rotatable bonds is 8. The van der Waals surface area contributed by atoms with Crippen molar-refractivity contribution in [3.8, 4) is 23.3 Å². The molecule has 0 saturated carbocycles. The van der Waals surface area contributed by atoms with Crippen molar-refractivity contribution in [2.24, 2.45) is 0 Å².